The summed E-state index contributed by atoms with van der Waals surface area (Å²) in [4.78, 5) is 2.87. The summed E-state index contributed by atoms with van der Waals surface area (Å²) >= 11 is 3.96. The molecule has 3 heterocycles. The normalized spacial score (nSPS) is 18.1. The van der Waals surface area contributed by atoms with Gasteiger partial charge in [-0.1, -0.05) is 109 Å². The van der Waals surface area contributed by atoms with Gasteiger partial charge in [0.2, 0.25) is 0 Å². The molecular weight excluding hydrogens is 583 g/mol. The number of aromatic nitrogens is 1. The van der Waals surface area contributed by atoms with Crippen LogP contribution >= 0.6 is 23.1 Å². The maximum Gasteiger partial charge on any atom is 0.0552 e. The third-order valence-electron chi connectivity index (χ3n) is 9.85. The van der Waals surface area contributed by atoms with Crippen molar-refractivity contribution in [1.82, 2.24) is 4.57 Å². The Morgan fingerprint density at radius 1 is 0.667 bits per heavy atom. The monoisotopic (exact) mass is 611 g/mol. The fraction of sp³-hybridized carbons (Fsp3) is 0.0952. The molecule has 2 aromatic heterocycles. The third kappa shape index (κ3) is 3.87. The number of para-hydroxylation sites is 1. The van der Waals surface area contributed by atoms with E-state index in [1.54, 1.807) is 0 Å². The minimum absolute atomic E-state index is 0.466. The van der Waals surface area contributed by atoms with Gasteiger partial charge in [-0.25, -0.2) is 0 Å². The minimum Gasteiger partial charge on any atom is -0.309 e. The highest BCUT2D eigenvalue weighted by atomic mass is 32.2. The molecule has 0 radical (unpaired) electrons. The van der Waals surface area contributed by atoms with E-state index < -0.39 is 0 Å². The fourth-order valence-corrected chi connectivity index (χ4v) is 10.5. The van der Waals surface area contributed by atoms with E-state index >= 15 is 0 Å². The first kappa shape index (κ1) is 25.7. The van der Waals surface area contributed by atoms with E-state index in [4.69, 9.17) is 0 Å². The second-order valence-electron chi connectivity index (χ2n) is 12.3. The quantitative estimate of drug-likeness (QED) is 0.192. The van der Waals surface area contributed by atoms with Gasteiger partial charge in [-0.3, -0.25) is 0 Å². The fourth-order valence-electron chi connectivity index (χ4n) is 7.70. The first-order valence-corrected chi connectivity index (χ1v) is 17.5. The summed E-state index contributed by atoms with van der Waals surface area (Å²) in [6.45, 7) is 0. The lowest BCUT2D eigenvalue weighted by Gasteiger charge is -2.14. The van der Waals surface area contributed by atoms with Crippen molar-refractivity contribution in [3.8, 4) is 27.9 Å². The molecule has 10 rings (SSSR count). The second kappa shape index (κ2) is 9.97. The Balaban J connectivity index is 1.02. The van der Waals surface area contributed by atoms with Gasteiger partial charge >= 0.3 is 0 Å². The van der Waals surface area contributed by atoms with E-state index in [-0.39, 0.29) is 0 Å². The van der Waals surface area contributed by atoms with Gasteiger partial charge in [0.25, 0.3) is 0 Å². The smallest absolute Gasteiger partial charge is 0.0552 e. The summed E-state index contributed by atoms with van der Waals surface area (Å²) in [5, 5.41) is 4.64. The molecule has 214 valence electrons. The molecule has 45 heavy (non-hydrogen) atoms. The molecule has 1 aliphatic heterocycles. The number of nitrogens with zero attached hydrogens (tertiary/aromatic N) is 1. The van der Waals surface area contributed by atoms with Crippen molar-refractivity contribution in [2.75, 3.05) is 0 Å². The molecule has 3 aliphatic rings. The molecule has 1 nitrogen and oxygen atoms in total. The SMILES string of the molecule is C1=CC2Sc3c(ccc4c3c3ccccc3n4-c3ccc(-c4ccc(-c5cccc6c7c(sc56)C=CCC7)cc4)cc3)C2C=C1. The molecule has 0 spiro atoms. The Bertz CT molecular complexity index is 2400. The Kier molecular flexibility index (Phi) is 5.70. The summed E-state index contributed by atoms with van der Waals surface area (Å²) in [5.74, 6) is 0.466. The summed E-state index contributed by atoms with van der Waals surface area (Å²) in [5.41, 5.74) is 11.8. The van der Waals surface area contributed by atoms with Gasteiger partial charge in [-0.15, -0.1) is 23.1 Å². The van der Waals surface area contributed by atoms with E-state index in [0.29, 0.717) is 11.2 Å². The van der Waals surface area contributed by atoms with Crippen LogP contribution in [0.2, 0.25) is 0 Å². The maximum atomic E-state index is 2.45. The van der Waals surface area contributed by atoms with E-state index in [1.165, 1.54) is 80.7 Å². The summed E-state index contributed by atoms with van der Waals surface area (Å²) in [6, 6.07) is 38.7. The lowest BCUT2D eigenvalue weighted by atomic mass is 9.91. The molecule has 0 bridgehead atoms. The van der Waals surface area contributed by atoms with E-state index in [1.807, 2.05) is 23.1 Å². The van der Waals surface area contributed by atoms with E-state index in [0.717, 1.165) is 12.8 Å². The number of aryl methyl sites for hydroxylation is 1. The molecule has 3 heteroatoms. The molecule has 2 aliphatic carbocycles. The largest absolute Gasteiger partial charge is 0.309 e. The van der Waals surface area contributed by atoms with Crippen LogP contribution in [0, 0.1) is 0 Å². The Hall–Kier alpha value is -4.57. The lowest BCUT2D eigenvalue weighted by molar-refractivity contribution is 0.883. The van der Waals surface area contributed by atoms with Crippen molar-refractivity contribution in [2.45, 2.75) is 28.9 Å². The third-order valence-corrected chi connectivity index (χ3v) is 12.5. The highest BCUT2D eigenvalue weighted by Gasteiger charge is 2.33. The number of benzene rings is 5. The number of rotatable bonds is 3. The van der Waals surface area contributed by atoms with Crippen LogP contribution < -0.4 is 0 Å². The van der Waals surface area contributed by atoms with E-state index in [9.17, 15) is 0 Å². The Labute approximate surface area is 270 Å². The number of allylic oxidation sites excluding steroid dienone is 4. The van der Waals surface area contributed by atoms with Gasteiger partial charge in [0.05, 0.1) is 11.0 Å². The van der Waals surface area contributed by atoms with Gasteiger partial charge in [0, 0.05) is 42.1 Å². The van der Waals surface area contributed by atoms with Crippen molar-refractivity contribution in [1.29, 1.82) is 0 Å². The molecule has 0 fully saturated rings. The van der Waals surface area contributed by atoms with Gasteiger partial charge in [-0.2, -0.15) is 0 Å². The van der Waals surface area contributed by atoms with Crippen molar-refractivity contribution < 1.29 is 0 Å². The molecule has 5 aromatic carbocycles. The number of fused-ring (bicyclic) bond motifs is 10. The summed E-state index contributed by atoms with van der Waals surface area (Å²) < 4.78 is 3.86. The van der Waals surface area contributed by atoms with E-state index in [2.05, 4.69) is 144 Å². The number of hydrogen-bond acceptors (Lipinski definition) is 2. The zero-order valence-electron chi connectivity index (χ0n) is 24.6. The molecule has 7 aromatic rings. The van der Waals surface area contributed by atoms with Gasteiger partial charge in [-0.05, 0) is 82.0 Å². The van der Waals surface area contributed by atoms with Crippen LogP contribution in [0.15, 0.2) is 138 Å². The zero-order chi connectivity index (χ0) is 29.5. The second-order valence-corrected chi connectivity index (χ2v) is 14.5. The topological polar surface area (TPSA) is 4.93 Å². The first-order valence-electron chi connectivity index (χ1n) is 15.8. The van der Waals surface area contributed by atoms with Gasteiger partial charge in [0.15, 0.2) is 0 Å². The molecular formula is C42H29NS2. The van der Waals surface area contributed by atoms with Crippen LogP contribution in [0.3, 0.4) is 0 Å². The van der Waals surface area contributed by atoms with Crippen molar-refractivity contribution in [3.05, 3.63) is 150 Å². The minimum atomic E-state index is 0.466. The van der Waals surface area contributed by atoms with Crippen molar-refractivity contribution in [2.24, 2.45) is 0 Å². The van der Waals surface area contributed by atoms with Crippen LogP contribution in [0.25, 0.3) is 65.9 Å². The van der Waals surface area contributed by atoms with Crippen LogP contribution in [0.4, 0.5) is 0 Å². The molecule has 0 saturated heterocycles. The lowest BCUT2D eigenvalue weighted by Crippen LogP contribution is -2.06. The van der Waals surface area contributed by atoms with Crippen LogP contribution in [-0.2, 0) is 6.42 Å². The molecule has 2 unspecified atom stereocenters. The maximum absolute atomic E-state index is 2.45. The predicted molar refractivity (Wildman–Crippen MR) is 195 cm³/mol. The standard InChI is InChI=1S/C42H29NS2/c1-4-13-36-35(10-1)40-37(25-24-34-32-9-3-6-15-39(32)45-42(34)40)43(36)29-22-20-27(21-23-29)26-16-18-28(19-17-26)30-11-7-12-33-31-8-2-5-14-38(31)44-41(30)33/h1,3-7,9-25,32,39H,2,8H2. The van der Waals surface area contributed by atoms with Crippen LogP contribution in [0.1, 0.15) is 28.3 Å². The predicted octanol–water partition coefficient (Wildman–Crippen LogP) is 12.0. The van der Waals surface area contributed by atoms with Gasteiger partial charge < -0.3 is 4.57 Å². The summed E-state index contributed by atoms with van der Waals surface area (Å²) in [7, 11) is 0. The Morgan fingerprint density at radius 2 is 1.44 bits per heavy atom. The number of thioether (sulfide) groups is 1. The zero-order valence-corrected chi connectivity index (χ0v) is 26.2. The molecule has 0 N–H and O–H groups in total. The first-order chi connectivity index (χ1) is 22.3. The Morgan fingerprint density at radius 3 is 2.33 bits per heavy atom. The highest BCUT2D eigenvalue weighted by Crippen LogP contribution is 2.52. The highest BCUT2D eigenvalue weighted by molar-refractivity contribution is 8.00. The molecule has 2 atom stereocenters. The molecule has 0 saturated carbocycles. The average Bonchev–Trinajstić information content (AvgIpc) is 3.78. The summed E-state index contributed by atoms with van der Waals surface area (Å²) in [6.07, 6.45) is 16.0. The average molecular weight is 612 g/mol. The van der Waals surface area contributed by atoms with Crippen molar-refractivity contribution >= 4 is 61.1 Å². The van der Waals surface area contributed by atoms with Crippen LogP contribution in [0.5, 0.6) is 0 Å². The van der Waals surface area contributed by atoms with Gasteiger partial charge in [0.1, 0.15) is 0 Å². The molecule has 0 amide bonds. The van der Waals surface area contributed by atoms with Crippen LogP contribution in [-0.4, -0.2) is 9.82 Å². The number of hydrogen-bond donors (Lipinski definition) is 0. The van der Waals surface area contributed by atoms with Crippen molar-refractivity contribution in [3.63, 3.8) is 0 Å². The number of thiophene rings is 1.